The monoisotopic (exact) mass is 710 g/mol. The van der Waals surface area contributed by atoms with Gasteiger partial charge in [-0.1, -0.05) is 188 Å². The van der Waals surface area contributed by atoms with E-state index in [1.807, 2.05) is 0 Å². The Morgan fingerprint density at radius 2 is 0.786 bits per heavy atom. The van der Waals surface area contributed by atoms with Crippen LogP contribution in [0.5, 0.6) is 0 Å². The molecule has 2 nitrogen and oxygen atoms in total. The molecule has 260 valence electrons. The minimum Gasteiger partial charge on any atom is -0.353 e. The number of benzene rings is 10. The molecule has 0 spiro atoms. The molecule has 0 aliphatic heterocycles. The molecule has 56 heavy (non-hydrogen) atoms. The molecule has 0 saturated heterocycles. The molecule has 2 heterocycles. The fourth-order valence-corrected chi connectivity index (χ4v) is 9.64. The summed E-state index contributed by atoms with van der Waals surface area (Å²) in [6.07, 6.45) is 0. The Kier molecular flexibility index (Phi) is 6.66. The van der Waals surface area contributed by atoms with E-state index in [4.69, 9.17) is 0 Å². The van der Waals surface area contributed by atoms with Crippen molar-refractivity contribution in [2.75, 3.05) is 0 Å². The first-order chi connectivity index (χ1) is 27.8. The van der Waals surface area contributed by atoms with E-state index in [-0.39, 0.29) is 0 Å². The maximum atomic E-state index is 4.06. The lowest BCUT2D eigenvalue weighted by Crippen LogP contribution is -1.98. The van der Waals surface area contributed by atoms with Gasteiger partial charge in [0.2, 0.25) is 0 Å². The molecule has 0 amide bonds. The number of rotatable bonds is 4. The molecule has 2 heteroatoms. The van der Waals surface area contributed by atoms with Crippen LogP contribution in [0.1, 0.15) is 0 Å². The van der Waals surface area contributed by atoms with Crippen molar-refractivity contribution in [3.63, 3.8) is 0 Å². The molecule has 1 N–H and O–H groups in total. The molecular weight excluding hydrogens is 677 g/mol. The van der Waals surface area contributed by atoms with Crippen molar-refractivity contribution >= 4 is 75.9 Å². The highest BCUT2D eigenvalue weighted by Gasteiger charge is 2.25. The van der Waals surface area contributed by atoms with Crippen LogP contribution in [0.3, 0.4) is 0 Å². The Morgan fingerprint density at radius 1 is 0.286 bits per heavy atom. The van der Waals surface area contributed by atoms with E-state index in [0.717, 1.165) is 5.52 Å². The molecule has 0 aliphatic rings. The average Bonchev–Trinajstić information content (AvgIpc) is 3.84. The lowest BCUT2D eigenvalue weighted by molar-refractivity contribution is 1.19. The third kappa shape index (κ3) is 4.33. The highest BCUT2D eigenvalue weighted by molar-refractivity contribution is 6.45. The van der Waals surface area contributed by atoms with Crippen LogP contribution in [0.4, 0.5) is 0 Å². The van der Waals surface area contributed by atoms with Gasteiger partial charge in [0.25, 0.3) is 0 Å². The Labute approximate surface area is 323 Å². The summed E-state index contributed by atoms with van der Waals surface area (Å²) in [6.45, 7) is 0. The number of hydrogen-bond donors (Lipinski definition) is 1. The van der Waals surface area contributed by atoms with Gasteiger partial charge in [-0.05, 0) is 45.2 Å². The fourth-order valence-electron chi connectivity index (χ4n) is 9.64. The molecule has 12 rings (SSSR count). The summed E-state index contributed by atoms with van der Waals surface area (Å²) in [6, 6.07) is 73.1. The molecule has 0 bridgehead atoms. The van der Waals surface area contributed by atoms with Gasteiger partial charge in [-0.25, -0.2) is 0 Å². The number of hydrogen-bond acceptors (Lipinski definition) is 0. The summed E-state index contributed by atoms with van der Waals surface area (Å²) in [4.78, 5) is 4.06. The van der Waals surface area contributed by atoms with E-state index in [1.54, 1.807) is 0 Å². The van der Waals surface area contributed by atoms with E-state index in [0.29, 0.717) is 0 Å². The van der Waals surface area contributed by atoms with Crippen LogP contribution in [0.25, 0.3) is 115 Å². The Bertz CT molecular complexity index is 3510. The van der Waals surface area contributed by atoms with Crippen LogP contribution < -0.4 is 0 Å². The van der Waals surface area contributed by atoms with E-state index < -0.39 is 0 Å². The second kappa shape index (κ2) is 12.0. The number of aromatic nitrogens is 2. The van der Waals surface area contributed by atoms with Gasteiger partial charge in [0.05, 0.1) is 27.8 Å². The molecule has 0 saturated carbocycles. The zero-order chi connectivity index (χ0) is 36.7. The van der Waals surface area contributed by atoms with Crippen LogP contribution in [0.15, 0.2) is 200 Å². The van der Waals surface area contributed by atoms with Crippen molar-refractivity contribution in [1.82, 2.24) is 9.55 Å². The van der Waals surface area contributed by atoms with Crippen LogP contribution in [0, 0.1) is 0 Å². The number of nitrogens with zero attached hydrogens (tertiary/aromatic N) is 1. The number of fused-ring (bicyclic) bond motifs is 15. The first-order valence-electron chi connectivity index (χ1n) is 19.4. The summed E-state index contributed by atoms with van der Waals surface area (Å²) in [5.41, 5.74) is 13.2. The van der Waals surface area contributed by atoms with Gasteiger partial charge in [0.1, 0.15) is 0 Å². The van der Waals surface area contributed by atoms with E-state index >= 15 is 0 Å². The maximum Gasteiger partial charge on any atom is 0.0626 e. The summed E-state index contributed by atoms with van der Waals surface area (Å²) in [7, 11) is 0. The predicted molar refractivity (Wildman–Crippen MR) is 239 cm³/mol. The third-order valence-corrected chi connectivity index (χ3v) is 11.9. The summed E-state index contributed by atoms with van der Waals surface area (Å²) in [5, 5.41) is 12.6. The van der Waals surface area contributed by atoms with Gasteiger partial charge < -0.3 is 9.55 Å². The van der Waals surface area contributed by atoms with Crippen LogP contribution in [-0.4, -0.2) is 9.55 Å². The topological polar surface area (TPSA) is 20.7 Å². The van der Waals surface area contributed by atoms with Crippen molar-refractivity contribution < 1.29 is 0 Å². The molecule has 0 unspecified atom stereocenters. The molecule has 10 aromatic carbocycles. The SMILES string of the molecule is c1ccc(-c2ccccc2-c2cccc3c2[nH]c2c4ccccc4c4c(c5ccccc5c5c4c4ccccc4n5-c4ccccc4-c4ccccc4)c32)cc1. The molecule has 0 atom stereocenters. The largest absolute Gasteiger partial charge is 0.353 e. The summed E-state index contributed by atoms with van der Waals surface area (Å²) < 4.78 is 2.53. The average molecular weight is 711 g/mol. The lowest BCUT2D eigenvalue weighted by Gasteiger charge is -2.17. The number of aromatic amines is 1. The predicted octanol–water partition coefficient (Wildman–Crippen LogP) is 14.9. The highest BCUT2D eigenvalue weighted by atomic mass is 15.0. The molecular formula is C54H34N2. The zero-order valence-corrected chi connectivity index (χ0v) is 30.5. The first-order valence-corrected chi connectivity index (χ1v) is 19.4. The second-order valence-electron chi connectivity index (χ2n) is 14.8. The Morgan fingerprint density at radius 3 is 1.54 bits per heavy atom. The smallest absolute Gasteiger partial charge is 0.0626 e. The minimum absolute atomic E-state index is 1.16. The van der Waals surface area contributed by atoms with E-state index in [2.05, 4.69) is 210 Å². The molecule has 0 radical (unpaired) electrons. The molecule has 12 aromatic rings. The lowest BCUT2D eigenvalue weighted by atomic mass is 9.89. The van der Waals surface area contributed by atoms with Crippen molar-refractivity contribution in [2.45, 2.75) is 0 Å². The van der Waals surface area contributed by atoms with E-state index in [1.165, 1.54) is 109 Å². The van der Waals surface area contributed by atoms with Crippen molar-refractivity contribution in [2.24, 2.45) is 0 Å². The highest BCUT2D eigenvalue weighted by Crippen LogP contribution is 2.50. The van der Waals surface area contributed by atoms with Gasteiger partial charge in [-0.15, -0.1) is 0 Å². The maximum absolute atomic E-state index is 4.06. The Hall–Kier alpha value is -7.42. The summed E-state index contributed by atoms with van der Waals surface area (Å²) in [5.74, 6) is 0. The van der Waals surface area contributed by atoms with Crippen molar-refractivity contribution in [3.05, 3.63) is 200 Å². The van der Waals surface area contributed by atoms with Crippen LogP contribution in [-0.2, 0) is 0 Å². The molecule has 0 aliphatic carbocycles. The standard InChI is InChI=1S/C54H34N2/c1-3-18-34(19-4-1)36-22-7-8-24-38(36)41-30-17-31-45-50-48-40-26-10-12-28-43(40)54-51(49(48)39-25-9-11-27-42(39)53(50)55-52(41)45)44-29-14-16-33-47(44)56(54)46-32-15-13-23-37(46)35-20-5-2-6-21-35/h1-33,55H. The van der Waals surface area contributed by atoms with Gasteiger partial charge >= 0.3 is 0 Å². The van der Waals surface area contributed by atoms with Crippen molar-refractivity contribution in [3.8, 4) is 39.1 Å². The number of nitrogens with one attached hydrogen (secondary N) is 1. The van der Waals surface area contributed by atoms with Gasteiger partial charge in [-0.3, -0.25) is 0 Å². The number of H-pyrrole nitrogens is 1. The van der Waals surface area contributed by atoms with Gasteiger partial charge in [0.15, 0.2) is 0 Å². The summed E-state index contributed by atoms with van der Waals surface area (Å²) >= 11 is 0. The van der Waals surface area contributed by atoms with Crippen LogP contribution >= 0.6 is 0 Å². The molecule has 0 fully saturated rings. The second-order valence-corrected chi connectivity index (χ2v) is 14.8. The first kappa shape index (κ1) is 31.0. The van der Waals surface area contributed by atoms with Crippen molar-refractivity contribution in [1.29, 1.82) is 0 Å². The van der Waals surface area contributed by atoms with E-state index in [9.17, 15) is 0 Å². The van der Waals surface area contributed by atoms with Crippen LogP contribution in [0.2, 0.25) is 0 Å². The normalized spacial score (nSPS) is 11.9. The number of para-hydroxylation sites is 3. The Balaban J connectivity index is 1.29. The minimum atomic E-state index is 1.16. The van der Waals surface area contributed by atoms with Gasteiger partial charge in [0, 0.05) is 54.2 Å². The zero-order valence-electron chi connectivity index (χ0n) is 30.5. The third-order valence-electron chi connectivity index (χ3n) is 11.9. The quantitative estimate of drug-likeness (QED) is 0.176. The van der Waals surface area contributed by atoms with Gasteiger partial charge in [-0.2, -0.15) is 0 Å². The molecule has 2 aromatic heterocycles. The fraction of sp³-hybridized carbons (Fsp3) is 0.